The summed E-state index contributed by atoms with van der Waals surface area (Å²) < 4.78 is 3.25. The fourth-order valence-electron chi connectivity index (χ4n) is 1.23. The number of carboxylic acid groups (broad SMARTS) is 2. The summed E-state index contributed by atoms with van der Waals surface area (Å²) >= 11 is 3.01. The van der Waals surface area contributed by atoms with Crippen molar-refractivity contribution in [1.29, 1.82) is 0 Å². The van der Waals surface area contributed by atoms with Gasteiger partial charge in [-0.2, -0.15) is 23.5 Å². The number of hydrogen-bond donors (Lipinski definition) is 4. The molecule has 0 aliphatic rings. The van der Waals surface area contributed by atoms with E-state index in [4.69, 9.17) is 21.7 Å². The monoisotopic (exact) mass is 504 g/mol. The van der Waals surface area contributed by atoms with Gasteiger partial charge in [-0.05, 0) is 12.5 Å². The summed E-state index contributed by atoms with van der Waals surface area (Å²) in [5, 5.41) is 16.3. The minimum atomic E-state index is -0.931. The van der Waals surface area contributed by atoms with Gasteiger partial charge in [0.25, 0.3) is 0 Å². The van der Waals surface area contributed by atoms with Gasteiger partial charge in [0.15, 0.2) is 0 Å². The van der Waals surface area contributed by atoms with Gasteiger partial charge in [0.2, 0.25) is 0 Å². The molecule has 0 aliphatic carbocycles. The number of hydrogen-bond acceptors (Lipinski definition) is 6. The summed E-state index contributed by atoms with van der Waals surface area (Å²) in [5.74, 6) is -0.899. The minimum absolute atomic E-state index is 0.149. The molecule has 0 aromatic heterocycles. The Morgan fingerprint density at radius 3 is 1.36 bits per heavy atom. The van der Waals surface area contributed by atoms with Crippen molar-refractivity contribution in [3.05, 3.63) is 0 Å². The van der Waals surface area contributed by atoms with Gasteiger partial charge in [-0.1, -0.05) is 0 Å². The predicted octanol–water partition coefficient (Wildman–Crippen LogP) is 2.65. The van der Waals surface area contributed by atoms with E-state index in [-0.39, 0.29) is 21.1 Å². The molecule has 2 atom stereocenters. The fourth-order valence-corrected chi connectivity index (χ4v) is 6.39. The van der Waals surface area contributed by atoms with Gasteiger partial charge in [0.05, 0.1) is 0 Å². The molecule has 6 nitrogen and oxygen atoms in total. The fraction of sp³-hybridized carbons (Fsp3) is 0.875. The van der Waals surface area contributed by atoms with Gasteiger partial charge in [0.1, 0.15) is 12.1 Å². The molecule has 9 heteroatoms. The van der Waals surface area contributed by atoms with Crippen LogP contribution in [-0.4, -0.2) is 79.4 Å². The molecule has 0 fully saturated rings. The van der Waals surface area contributed by atoms with Crippen molar-refractivity contribution >= 4 is 56.6 Å². The molecule has 0 saturated carbocycles. The van der Waals surface area contributed by atoms with Crippen molar-refractivity contribution in [2.24, 2.45) is 11.5 Å². The van der Waals surface area contributed by atoms with Gasteiger partial charge in [-0.15, -0.1) is 0 Å². The van der Waals surface area contributed by atoms with E-state index in [9.17, 15) is 9.59 Å². The van der Waals surface area contributed by atoms with E-state index in [1.54, 1.807) is 8.87 Å². The summed E-state index contributed by atoms with van der Waals surface area (Å²) in [6, 6.07) is -1.41. The number of nitrogens with two attached hydrogens (primary N) is 2. The molecule has 6 N–H and O–H groups in total. The zero-order chi connectivity index (χ0) is 20.1. The van der Waals surface area contributed by atoms with Crippen molar-refractivity contribution in [1.82, 2.24) is 0 Å². The van der Waals surface area contributed by atoms with E-state index in [2.05, 4.69) is 13.8 Å². The predicted molar refractivity (Wildman–Crippen MR) is 113 cm³/mol. The second-order valence-corrected chi connectivity index (χ2v) is 11.4. The normalized spacial score (nSPS) is 12.1. The van der Waals surface area contributed by atoms with Crippen molar-refractivity contribution in [2.75, 3.05) is 24.0 Å². The van der Waals surface area contributed by atoms with Crippen LogP contribution in [0, 0.1) is 0 Å². The van der Waals surface area contributed by atoms with Gasteiger partial charge in [-0.25, -0.2) is 0 Å². The van der Waals surface area contributed by atoms with Crippen LogP contribution < -0.4 is 11.5 Å². The first kappa shape index (κ1) is 30.1. The van der Waals surface area contributed by atoms with Crippen LogP contribution in [0.3, 0.4) is 0 Å². The summed E-state index contributed by atoms with van der Waals surface area (Å²) in [7, 11) is 0. The molecule has 2 unspecified atom stereocenters. The third-order valence-corrected chi connectivity index (χ3v) is 8.16. The number of unbranched alkanes of at least 4 members (excludes halogenated alkanes) is 2. The van der Waals surface area contributed by atoms with Crippen LogP contribution in [0.2, 0.25) is 8.87 Å². The third kappa shape index (κ3) is 29.4. The van der Waals surface area contributed by atoms with Crippen LogP contribution in [0.25, 0.3) is 0 Å². The van der Waals surface area contributed by atoms with E-state index in [0.29, 0.717) is 11.5 Å². The first-order valence-electron chi connectivity index (χ1n) is 8.43. The molecule has 0 spiro atoms. The topological polar surface area (TPSA) is 127 Å². The first-order chi connectivity index (χ1) is 11.8. The number of thioether (sulfide) groups is 2. The molecule has 0 bridgehead atoms. The molecule has 150 valence electrons. The Hall–Kier alpha value is 0.359. The van der Waals surface area contributed by atoms with Crippen LogP contribution in [-0.2, 0) is 9.59 Å². The van der Waals surface area contributed by atoms with Gasteiger partial charge in [0, 0.05) is 11.5 Å². The Morgan fingerprint density at radius 2 is 1.20 bits per heavy atom. The Bertz CT molecular complexity index is 286. The first-order valence-corrected chi connectivity index (χ1v) is 15.3. The van der Waals surface area contributed by atoms with Crippen molar-refractivity contribution < 1.29 is 19.8 Å². The molecule has 0 aromatic rings. The van der Waals surface area contributed by atoms with Crippen LogP contribution >= 0.6 is 23.5 Å². The summed E-state index contributed by atoms with van der Waals surface area (Å²) in [6.07, 6.45) is 9.48. The molecule has 0 amide bonds. The summed E-state index contributed by atoms with van der Waals surface area (Å²) in [4.78, 5) is 19.9. The summed E-state index contributed by atoms with van der Waals surface area (Å²) in [6.45, 7) is 4.58. The van der Waals surface area contributed by atoms with Gasteiger partial charge < -0.3 is 21.7 Å². The molecule has 0 rings (SSSR count). The van der Waals surface area contributed by atoms with E-state index < -0.39 is 24.0 Å². The maximum absolute atomic E-state index is 9.95. The second-order valence-electron chi connectivity index (χ2n) is 5.26. The molecule has 0 saturated heterocycles. The Kier molecular flexibility index (Phi) is 29.3. The van der Waals surface area contributed by atoms with Crippen molar-refractivity contribution in [2.45, 2.75) is 60.5 Å². The van der Waals surface area contributed by atoms with Crippen LogP contribution in [0.5, 0.6) is 0 Å². The minimum Gasteiger partial charge on any atom is -0.480 e. The van der Waals surface area contributed by atoms with E-state index >= 15 is 0 Å². The molecule has 0 aromatic carbocycles. The number of rotatable bonds is 12. The van der Waals surface area contributed by atoms with Crippen LogP contribution in [0.1, 0.15) is 39.5 Å². The quantitative estimate of drug-likeness (QED) is 0.237. The van der Waals surface area contributed by atoms with Gasteiger partial charge >= 0.3 is 81.5 Å². The molecule has 2 radical (unpaired) electrons. The molecule has 0 aliphatic heterocycles. The second kappa shape index (κ2) is 24.4. The standard InChI is InChI=1S/2C4H9NO2S.2C4H9.Sn/c2*1-8-2-3(5)4(6)7;2*1-3-4-2;/h2*3H,2,5H2,1H3,(H,6,7);2*1,3-4H2,2H3;. The van der Waals surface area contributed by atoms with E-state index in [1.165, 1.54) is 49.2 Å². The Balaban J connectivity index is -0.000000291. The Labute approximate surface area is 171 Å². The number of carboxylic acids is 2. The zero-order valence-corrected chi connectivity index (χ0v) is 20.5. The smallest absolute Gasteiger partial charge is 0.321 e. The maximum Gasteiger partial charge on any atom is 0.321 e. The van der Waals surface area contributed by atoms with Gasteiger partial charge in [-0.3, -0.25) is 9.59 Å². The number of aliphatic carboxylic acids is 2. The maximum atomic E-state index is 9.95. The number of carbonyl (C=O) groups is 2. The zero-order valence-electron chi connectivity index (χ0n) is 16.0. The van der Waals surface area contributed by atoms with Crippen molar-refractivity contribution in [3.8, 4) is 0 Å². The van der Waals surface area contributed by atoms with E-state index in [1.807, 2.05) is 12.5 Å². The average molecular weight is 503 g/mol. The molecule has 0 heterocycles. The van der Waals surface area contributed by atoms with Crippen molar-refractivity contribution in [3.63, 3.8) is 0 Å². The SMILES string of the molecule is CCC[CH2][Sn][CH2]CCC.CSCC(N)C(=O)O.CSCC(N)C(=O)O. The van der Waals surface area contributed by atoms with Crippen LogP contribution in [0.15, 0.2) is 0 Å². The largest absolute Gasteiger partial charge is 0.480 e. The summed E-state index contributed by atoms with van der Waals surface area (Å²) in [5.41, 5.74) is 10.2. The Morgan fingerprint density at radius 1 is 0.880 bits per heavy atom. The molecular weight excluding hydrogens is 467 g/mol. The average Bonchev–Trinajstić information content (AvgIpc) is 2.56. The molecule has 25 heavy (non-hydrogen) atoms. The molecular formula is C16H36N2O4S2Sn. The van der Waals surface area contributed by atoms with E-state index in [0.717, 1.165) is 0 Å². The third-order valence-electron chi connectivity index (χ3n) is 2.74. The van der Waals surface area contributed by atoms with Crippen LogP contribution in [0.4, 0.5) is 0 Å².